The third-order valence-corrected chi connectivity index (χ3v) is 2.94. The van der Waals surface area contributed by atoms with Crippen molar-refractivity contribution in [2.24, 2.45) is 5.16 Å². The van der Waals surface area contributed by atoms with Gasteiger partial charge in [0.05, 0.1) is 12.3 Å². The first-order chi connectivity index (χ1) is 8.74. The quantitative estimate of drug-likeness (QED) is 0.609. The Hall–Kier alpha value is -1.59. The van der Waals surface area contributed by atoms with Crippen molar-refractivity contribution in [2.45, 2.75) is 18.9 Å². The SMILES string of the molecule is COCC(O)COc1ccc2c(c1)CC/C2=N\O. The van der Waals surface area contributed by atoms with E-state index in [2.05, 4.69) is 5.16 Å². The maximum atomic E-state index is 9.48. The first-order valence-corrected chi connectivity index (χ1v) is 5.88. The van der Waals surface area contributed by atoms with Crippen LogP contribution in [0.5, 0.6) is 5.75 Å². The summed E-state index contributed by atoms with van der Waals surface area (Å²) in [6, 6.07) is 5.62. The Balaban J connectivity index is 2.00. The first kappa shape index (κ1) is 12.9. The normalized spacial score (nSPS) is 17.8. The molecule has 1 aliphatic rings. The van der Waals surface area contributed by atoms with Gasteiger partial charge in [-0.15, -0.1) is 0 Å². The van der Waals surface area contributed by atoms with Gasteiger partial charge in [-0.2, -0.15) is 0 Å². The number of nitrogens with zero attached hydrogens (tertiary/aromatic N) is 1. The summed E-state index contributed by atoms with van der Waals surface area (Å²) >= 11 is 0. The predicted octanol–water partition coefficient (Wildman–Crippen LogP) is 1.20. The number of aliphatic hydroxyl groups is 1. The number of rotatable bonds is 5. The molecular formula is C13H17NO4. The molecule has 0 bridgehead atoms. The number of hydrogen-bond acceptors (Lipinski definition) is 5. The number of methoxy groups -OCH3 is 1. The molecule has 2 N–H and O–H groups in total. The summed E-state index contributed by atoms with van der Waals surface area (Å²) in [5, 5.41) is 21.6. The highest BCUT2D eigenvalue weighted by Crippen LogP contribution is 2.26. The predicted molar refractivity (Wildman–Crippen MR) is 66.5 cm³/mol. The van der Waals surface area contributed by atoms with E-state index in [1.165, 1.54) is 7.11 Å². The zero-order valence-electron chi connectivity index (χ0n) is 10.3. The van der Waals surface area contributed by atoms with Crippen molar-refractivity contribution >= 4 is 5.71 Å². The van der Waals surface area contributed by atoms with Crippen LogP contribution in [0.1, 0.15) is 17.5 Å². The van der Waals surface area contributed by atoms with Crippen LogP contribution in [-0.4, -0.2) is 42.5 Å². The molecule has 0 saturated heterocycles. The molecule has 5 nitrogen and oxygen atoms in total. The monoisotopic (exact) mass is 251 g/mol. The Morgan fingerprint density at radius 1 is 1.33 bits per heavy atom. The molecule has 18 heavy (non-hydrogen) atoms. The maximum Gasteiger partial charge on any atom is 0.119 e. The van der Waals surface area contributed by atoms with Gasteiger partial charge in [-0.25, -0.2) is 0 Å². The van der Waals surface area contributed by atoms with E-state index in [4.69, 9.17) is 14.7 Å². The molecule has 1 aliphatic carbocycles. The van der Waals surface area contributed by atoms with E-state index in [1.54, 1.807) is 0 Å². The zero-order valence-corrected chi connectivity index (χ0v) is 10.3. The van der Waals surface area contributed by atoms with Crippen molar-refractivity contribution in [1.82, 2.24) is 0 Å². The van der Waals surface area contributed by atoms with Crippen molar-refractivity contribution in [3.63, 3.8) is 0 Å². The van der Waals surface area contributed by atoms with E-state index in [0.29, 0.717) is 5.75 Å². The Labute approximate surface area is 106 Å². The van der Waals surface area contributed by atoms with Crippen molar-refractivity contribution in [2.75, 3.05) is 20.3 Å². The Bertz CT molecular complexity index is 445. The molecule has 5 heteroatoms. The van der Waals surface area contributed by atoms with Crippen LogP contribution < -0.4 is 4.74 Å². The fourth-order valence-corrected chi connectivity index (χ4v) is 2.07. The van der Waals surface area contributed by atoms with Gasteiger partial charge in [-0.05, 0) is 36.6 Å². The van der Waals surface area contributed by atoms with Crippen LogP contribution in [-0.2, 0) is 11.2 Å². The lowest BCUT2D eigenvalue weighted by molar-refractivity contribution is 0.0325. The van der Waals surface area contributed by atoms with E-state index >= 15 is 0 Å². The van der Waals surface area contributed by atoms with Gasteiger partial charge in [0.15, 0.2) is 0 Å². The van der Waals surface area contributed by atoms with Gasteiger partial charge in [0.2, 0.25) is 0 Å². The number of fused-ring (bicyclic) bond motifs is 1. The number of aryl methyl sites for hydroxylation is 1. The summed E-state index contributed by atoms with van der Waals surface area (Å²) in [6.07, 6.45) is 0.978. The minimum atomic E-state index is -0.627. The molecule has 0 aliphatic heterocycles. The minimum absolute atomic E-state index is 0.202. The van der Waals surface area contributed by atoms with Gasteiger partial charge in [-0.3, -0.25) is 0 Å². The largest absolute Gasteiger partial charge is 0.491 e. The number of aliphatic hydroxyl groups excluding tert-OH is 1. The number of ether oxygens (including phenoxy) is 2. The van der Waals surface area contributed by atoms with E-state index in [9.17, 15) is 5.11 Å². The summed E-state index contributed by atoms with van der Waals surface area (Å²) < 4.78 is 10.3. The molecule has 1 atom stereocenters. The molecule has 0 aromatic heterocycles. The lowest BCUT2D eigenvalue weighted by Gasteiger charge is -2.12. The molecule has 0 saturated carbocycles. The summed E-state index contributed by atoms with van der Waals surface area (Å²) in [5.74, 6) is 0.711. The summed E-state index contributed by atoms with van der Waals surface area (Å²) in [6.45, 7) is 0.458. The van der Waals surface area contributed by atoms with Crippen LogP contribution in [0.25, 0.3) is 0 Å². The van der Waals surface area contributed by atoms with Crippen LogP contribution in [0.2, 0.25) is 0 Å². The Kier molecular flexibility index (Phi) is 4.17. The van der Waals surface area contributed by atoms with E-state index in [1.807, 2.05) is 18.2 Å². The first-order valence-electron chi connectivity index (χ1n) is 5.88. The average Bonchev–Trinajstić information content (AvgIpc) is 2.79. The molecule has 0 amide bonds. The topological polar surface area (TPSA) is 71.3 Å². The van der Waals surface area contributed by atoms with Gasteiger partial charge in [0, 0.05) is 12.7 Å². The third kappa shape index (κ3) is 2.80. The smallest absolute Gasteiger partial charge is 0.119 e. The van der Waals surface area contributed by atoms with Crippen molar-refractivity contribution in [1.29, 1.82) is 0 Å². The molecular weight excluding hydrogens is 234 g/mol. The Morgan fingerprint density at radius 2 is 2.17 bits per heavy atom. The molecule has 2 rings (SSSR count). The van der Waals surface area contributed by atoms with Crippen LogP contribution in [0.4, 0.5) is 0 Å². The fraction of sp³-hybridized carbons (Fsp3) is 0.462. The number of oxime groups is 1. The summed E-state index contributed by atoms with van der Waals surface area (Å²) in [4.78, 5) is 0. The third-order valence-electron chi connectivity index (χ3n) is 2.94. The second-order valence-electron chi connectivity index (χ2n) is 4.29. The van der Waals surface area contributed by atoms with Gasteiger partial charge in [-0.1, -0.05) is 5.16 Å². The second-order valence-corrected chi connectivity index (χ2v) is 4.29. The lowest BCUT2D eigenvalue weighted by Crippen LogP contribution is -2.22. The summed E-state index contributed by atoms with van der Waals surface area (Å²) in [5.41, 5.74) is 2.81. The van der Waals surface area contributed by atoms with Crippen molar-refractivity contribution < 1.29 is 19.8 Å². The molecule has 1 aromatic rings. The van der Waals surface area contributed by atoms with E-state index < -0.39 is 6.10 Å². The molecule has 1 unspecified atom stereocenters. The number of hydrogen-bond donors (Lipinski definition) is 2. The van der Waals surface area contributed by atoms with E-state index in [-0.39, 0.29) is 13.2 Å². The molecule has 98 valence electrons. The molecule has 1 aromatic carbocycles. The second kappa shape index (κ2) is 5.84. The van der Waals surface area contributed by atoms with Crippen LogP contribution in [0.3, 0.4) is 0 Å². The van der Waals surface area contributed by atoms with Gasteiger partial charge >= 0.3 is 0 Å². The van der Waals surface area contributed by atoms with Gasteiger partial charge in [0.1, 0.15) is 18.5 Å². The highest BCUT2D eigenvalue weighted by Gasteiger charge is 2.18. The average molecular weight is 251 g/mol. The highest BCUT2D eigenvalue weighted by atomic mass is 16.5. The summed E-state index contributed by atoms with van der Waals surface area (Å²) in [7, 11) is 1.54. The Morgan fingerprint density at radius 3 is 2.89 bits per heavy atom. The molecule has 0 heterocycles. The molecule has 0 spiro atoms. The molecule has 0 fully saturated rings. The highest BCUT2D eigenvalue weighted by molar-refractivity contribution is 6.04. The minimum Gasteiger partial charge on any atom is -0.491 e. The maximum absolute atomic E-state index is 9.48. The fourth-order valence-electron chi connectivity index (χ4n) is 2.07. The molecule has 0 radical (unpaired) electrons. The van der Waals surface area contributed by atoms with Crippen LogP contribution in [0, 0.1) is 0 Å². The van der Waals surface area contributed by atoms with Crippen LogP contribution >= 0.6 is 0 Å². The van der Waals surface area contributed by atoms with E-state index in [0.717, 1.165) is 29.7 Å². The van der Waals surface area contributed by atoms with Crippen molar-refractivity contribution in [3.05, 3.63) is 29.3 Å². The van der Waals surface area contributed by atoms with Gasteiger partial charge in [0.25, 0.3) is 0 Å². The number of benzene rings is 1. The van der Waals surface area contributed by atoms with Crippen LogP contribution in [0.15, 0.2) is 23.4 Å². The van der Waals surface area contributed by atoms with Crippen molar-refractivity contribution in [3.8, 4) is 5.75 Å². The lowest BCUT2D eigenvalue weighted by atomic mass is 10.1. The van der Waals surface area contributed by atoms with Gasteiger partial charge < -0.3 is 19.8 Å². The standard InChI is InChI=1S/C13H17NO4/c1-17-7-10(15)8-18-11-3-4-12-9(6-11)2-5-13(12)14-16/h3-4,6,10,15-16H,2,5,7-8H2,1H3/b14-13+. The zero-order chi connectivity index (χ0) is 13.0.